The fourth-order valence-electron chi connectivity index (χ4n) is 10.5. The summed E-state index contributed by atoms with van der Waals surface area (Å²) in [4.78, 5) is 4.84. The molecule has 0 bridgehead atoms. The summed E-state index contributed by atoms with van der Waals surface area (Å²) in [5.41, 5.74) is 14.8. The normalized spacial score (nSPS) is 11.3. The van der Waals surface area contributed by atoms with Gasteiger partial charge in [0.15, 0.2) is 0 Å². The maximum atomic E-state index is 5.31. The summed E-state index contributed by atoms with van der Waals surface area (Å²) in [6.07, 6.45) is 12.2. The van der Waals surface area contributed by atoms with Crippen molar-refractivity contribution < 1.29 is 9.47 Å². The number of thioether (sulfide) groups is 2. The first-order chi connectivity index (χ1) is 38.6. The molecule has 0 saturated carbocycles. The fraction of sp³-hybridized carbons (Fsp3) is 0.222. The number of rotatable bonds is 27. The van der Waals surface area contributed by atoms with Gasteiger partial charge < -0.3 is 19.3 Å². The van der Waals surface area contributed by atoms with E-state index in [0.717, 1.165) is 58.6 Å². The van der Waals surface area contributed by atoms with Crippen molar-refractivity contribution in [3.8, 4) is 22.6 Å². The topological polar surface area (TPSA) is 24.9 Å². The van der Waals surface area contributed by atoms with Crippen molar-refractivity contribution in [1.82, 2.24) is 0 Å². The van der Waals surface area contributed by atoms with E-state index in [1.54, 1.807) is 14.2 Å². The highest BCUT2D eigenvalue weighted by Gasteiger charge is 2.18. The lowest BCUT2D eigenvalue weighted by Gasteiger charge is -2.28. The third-order valence-corrected chi connectivity index (χ3v) is 17.1. The Morgan fingerprint density at radius 3 is 1.03 bits per heavy atom. The van der Waals surface area contributed by atoms with Gasteiger partial charge in [0.05, 0.1) is 25.6 Å². The molecule has 10 aromatic carbocycles. The molecular weight excluding hydrogens is 989 g/mol. The number of fused-ring (bicyclic) bond motifs is 2. The molecule has 0 aliphatic rings. The van der Waals surface area contributed by atoms with Crippen molar-refractivity contribution >= 4 is 79.2 Å². The minimum absolute atomic E-state index is 0.920. The first kappa shape index (κ1) is 54.0. The third-order valence-electron chi connectivity index (χ3n) is 14.9. The average Bonchev–Trinajstić information content (AvgIpc) is 3.50. The van der Waals surface area contributed by atoms with E-state index >= 15 is 0 Å². The molecule has 0 fully saturated rings. The number of methoxy groups -OCH3 is 2. The molecule has 0 radical (unpaired) electrons. The van der Waals surface area contributed by atoms with Crippen LogP contribution in [0.2, 0.25) is 0 Å². The summed E-state index contributed by atoms with van der Waals surface area (Å²) in [5, 5.41) is 4.92. The van der Waals surface area contributed by atoms with Crippen LogP contribution in [-0.2, 0) is 24.3 Å². The highest BCUT2D eigenvalue weighted by Crippen LogP contribution is 2.42. The zero-order valence-electron chi connectivity index (χ0n) is 45.4. The molecule has 0 N–H and O–H groups in total. The largest absolute Gasteiger partial charge is 0.497 e. The Bertz CT molecular complexity index is 3170. The molecule has 0 aliphatic carbocycles. The lowest BCUT2D eigenvalue weighted by Crippen LogP contribution is -2.11. The van der Waals surface area contributed by atoms with Crippen LogP contribution < -0.4 is 19.3 Å². The van der Waals surface area contributed by atoms with Gasteiger partial charge in [-0.2, -0.15) is 23.5 Å². The number of ether oxygens (including phenoxy) is 2. The predicted octanol–water partition coefficient (Wildman–Crippen LogP) is 20.7. The van der Waals surface area contributed by atoms with Gasteiger partial charge in [-0.1, -0.05) is 171 Å². The summed E-state index contributed by atoms with van der Waals surface area (Å²) in [6, 6.07) is 84.4. The van der Waals surface area contributed by atoms with Crippen LogP contribution in [0.25, 0.3) is 32.7 Å². The van der Waals surface area contributed by atoms with Gasteiger partial charge >= 0.3 is 0 Å². The Morgan fingerprint density at radius 1 is 0.308 bits per heavy atom. The number of benzene rings is 10. The van der Waals surface area contributed by atoms with Crippen LogP contribution in [0.1, 0.15) is 73.6 Å². The third kappa shape index (κ3) is 14.2. The maximum Gasteiger partial charge on any atom is 0.118 e. The zero-order valence-corrected chi connectivity index (χ0v) is 47.0. The first-order valence-corrected chi connectivity index (χ1v) is 30.3. The second kappa shape index (κ2) is 27.8. The Kier molecular flexibility index (Phi) is 19.2. The SMILES string of the molecule is COc1ccc(CSCCCCCCc2ccc(N(c3ccc(-c4ccc(N(c5ccc(CCCCCCSCc6ccc(OC)cc6)cc5)c5cccc6ccccc56)cc4)cc3)c3cccc4ccccc34)cc2)cc1. The molecule has 0 aromatic heterocycles. The summed E-state index contributed by atoms with van der Waals surface area (Å²) in [7, 11) is 3.44. The van der Waals surface area contributed by atoms with E-state index in [1.807, 2.05) is 23.5 Å². The van der Waals surface area contributed by atoms with Crippen LogP contribution in [0.3, 0.4) is 0 Å². The second-order valence-corrected chi connectivity index (χ2v) is 22.4. The summed E-state index contributed by atoms with van der Waals surface area (Å²) >= 11 is 4.06. The molecule has 0 saturated heterocycles. The number of nitrogens with zero attached hydrogens (tertiary/aromatic N) is 2. The zero-order chi connectivity index (χ0) is 53.1. The van der Waals surface area contributed by atoms with Gasteiger partial charge in [0.2, 0.25) is 0 Å². The second-order valence-electron chi connectivity index (χ2n) is 20.2. The van der Waals surface area contributed by atoms with Gasteiger partial charge in [0, 0.05) is 45.0 Å². The highest BCUT2D eigenvalue weighted by atomic mass is 32.2. The first-order valence-electron chi connectivity index (χ1n) is 28.0. The van der Waals surface area contributed by atoms with Gasteiger partial charge in [-0.25, -0.2) is 0 Å². The fourth-order valence-corrected chi connectivity index (χ4v) is 12.4. The molecule has 0 spiro atoms. The van der Waals surface area contributed by atoms with Crippen molar-refractivity contribution in [2.24, 2.45) is 0 Å². The van der Waals surface area contributed by atoms with E-state index in [9.17, 15) is 0 Å². The van der Waals surface area contributed by atoms with Crippen LogP contribution in [0.15, 0.2) is 231 Å². The molecule has 78 heavy (non-hydrogen) atoms. The molecule has 0 aliphatic heterocycles. The van der Waals surface area contributed by atoms with E-state index < -0.39 is 0 Å². The molecule has 10 rings (SSSR count). The van der Waals surface area contributed by atoms with E-state index in [0.29, 0.717) is 0 Å². The molecule has 10 aromatic rings. The van der Waals surface area contributed by atoms with Crippen LogP contribution in [0.5, 0.6) is 11.5 Å². The molecule has 0 heterocycles. The summed E-state index contributed by atoms with van der Waals surface area (Å²) < 4.78 is 10.6. The predicted molar refractivity (Wildman–Crippen MR) is 339 cm³/mol. The standard InChI is InChI=1S/C72H72N2O2S2/c1-75-67-47-31-57(32-48-67)53-77-51-13-5-3-7-17-55-27-39-63(40-28-55)73(71-25-15-21-61-19-9-11-23-69(61)71)65-43-35-59(36-44-65)60-37-45-66(46-38-60)74(72-26-16-22-62-20-10-12-24-70(62)72)64-41-29-56(30-42-64)18-8-4-6-14-52-78-54-58-33-49-68(76-2)50-34-58/h9-12,15-16,19-50H,3-8,13-14,17-18,51-54H2,1-2H3. The lowest BCUT2D eigenvalue weighted by atomic mass is 10.0. The van der Waals surface area contributed by atoms with Crippen molar-refractivity contribution in [2.45, 2.75) is 75.7 Å². The van der Waals surface area contributed by atoms with Crippen LogP contribution in [0, 0.1) is 0 Å². The van der Waals surface area contributed by atoms with Crippen LogP contribution >= 0.6 is 23.5 Å². The molecule has 394 valence electrons. The Labute approximate surface area is 472 Å². The summed E-state index contributed by atoms with van der Waals surface area (Å²) in [6.45, 7) is 0. The smallest absolute Gasteiger partial charge is 0.118 e. The number of unbranched alkanes of at least 4 members (excludes halogenated alkanes) is 6. The molecule has 0 atom stereocenters. The molecule has 6 heteroatoms. The van der Waals surface area contributed by atoms with Crippen molar-refractivity contribution in [3.05, 3.63) is 253 Å². The molecule has 0 unspecified atom stereocenters. The van der Waals surface area contributed by atoms with E-state index in [1.165, 1.54) is 129 Å². The number of aryl methyl sites for hydroxylation is 2. The van der Waals surface area contributed by atoms with Crippen molar-refractivity contribution in [3.63, 3.8) is 0 Å². The number of hydrogen-bond acceptors (Lipinski definition) is 6. The number of hydrogen-bond donors (Lipinski definition) is 0. The van der Waals surface area contributed by atoms with Gasteiger partial charge in [-0.3, -0.25) is 0 Å². The van der Waals surface area contributed by atoms with Crippen molar-refractivity contribution in [1.29, 1.82) is 0 Å². The Hall–Kier alpha value is -7.38. The highest BCUT2D eigenvalue weighted by molar-refractivity contribution is 7.98. The van der Waals surface area contributed by atoms with Gasteiger partial charge in [0.25, 0.3) is 0 Å². The van der Waals surface area contributed by atoms with E-state index in [4.69, 9.17) is 9.47 Å². The summed E-state index contributed by atoms with van der Waals surface area (Å²) in [5.74, 6) is 6.36. The average molecular weight is 1060 g/mol. The van der Waals surface area contributed by atoms with E-state index in [-0.39, 0.29) is 0 Å². The molecule has 4 nitrogen and oxygen atoms in total. The van der Waals surface area contributed by atoms with Gasteiger partial charge in [0.1, 0.15) is 11.5 Å². The molecule has 0 amide bonds. The van der Waals surface area contributed by atoms with Gasteiger partial charge in [-0.15, -0.1) is 0 Å². The van der Waals surface area contributed by atoms with E-state index in [2.05, 4.69) is 240 Å². The Morgan fingerprint density at radius 2 is 0.641 bits per heavy atom. The minimum atomic E-state index is 0.920. The van der Waals surface area contributed by atoms with Crippen molar-refractivity contribution in [2.75, 3.05) is 35.5 Å². The monoisotopic (exact) mass is 1060 g/mol. The minimum Gasteiger partial charge on any atom is -0.497 e. The quantitative estimate of drug-likeness (QED) is 0.0476. The number of anilines is 6. The Balaban J connectivity index is 0.791. The lowest BCUT2D eigenvalue weighted by molar-refractivity contribution is 0.414. The van der Waals surface area contributed by atoms with Gasteiger partial charge in [-0.05, 0) is 179 Å². The molecular formula is C72H72N2O2S2. The maximum absolute atomic E-state index is 5.31. The van der Waals surface area contributed by atoms with Crippen LogP contribution in [-0.4, -0.2) is 25.7 Å². The van der Waals surface area contributed by atoms with Crippen LogP contribution in [0.4, 0.5) is 34.1 Å².